The summed E-state index contributed by atoms with van der Waals surface area (Å²) in [7, 11) is 0. The fourth-order valence-corrected chi connectivity index (χ4v) is 1.71. The van der Waals surface area contributed by atoms with E-state index in [-0.39, 0.29) is 6.04 Å². The van der Waals surface area contributed by atoms with Crippen LogP contribution in [0.2, 0.25) is 0 Å². The average molecular weight is 207 g/mol. The standard InChI is InChI=1S/C10H19F2NO/c1-10(2,3)14-8(9(11)12)7-5-4-6-13-7/h7-9,13H,4-6H2,1-3H3/t7-,8+/m0/s1. The molecule has 0 amide bonds. The van der Waals surface area contributed by atoms with Crippen molar-refractivity contribution >= 4 is 0 Å². The monoisotopic (exact) mass is 207 g/mol. The molecule has 1 N–H and O–H groups in total. The molecule has 0 aromatic heterocycles. The van der Waals surface area contributed by atoms with E-state index in [1.54, 1.807) is 20.8 Å². The van der Waals surface area contributed by atoms with Crippen molar-refractivity contribution in [1.82, 2.24) is 5.32 Å². The quantitative estimate of drug-likeness (QED) is 0.766. The zero-order chi connectivity index (χ0) is 10.8. The van der Waals surface area contributed by atoms with Crippen LogP contribution in [0.5, 0.6) is 0 Å². The van der Waals surface area contributed by atoms with Crippen molar-refractivity contribution in [3.63, 3.8) is 0 Å². The molecule has 1 aliphatic rings. The summed E-state index contributed by atoms with van der Waals surface area (Å²) in [4.78, 5) is 0. The highest BCUT2D eigenvalue weighted by Gasteiger charge is 2.35. The first-order valence-electron chi connectivity index (χ1n) is 5.09. The molecule has 0 spiro atoms. The van der Waals surface area contributed by atoms with Crippen molar-refractivity contribution in [2.75, 3.05) is 6.54 Å². The lowest BCUT2D eigenvalue weighted by Crippen LogP contribution is -2.45. The van der Waals surface area contributed by atoms with Gasteiger partial charge in [0.1, 0.15) is 6.10 Å². The summed E-state index contributed by atoms with van der Waals surface area (Å²) in [5.41, 5.74) is -0.509. The molecule has 0 radical (unpaired) electrons. The number of nitrogens with one attached hydrogen (secondary N) is 1. The Labute approximate surface area is 84.0 Å². The minimum Gasteiger partial charge on any atom is -0.365 e. The summed E-state index contributed by atoms with van der Waals surface area (Å²) in [5, 5.41) is 3.06. The molecule has 1 aliphatic heterocycles. The number of halogens is 2. The molecule has 0 aromatic rings. The molecule has 0 bridgehead atoms. The highest BCUT2D eigenvalue weighted by atomic mass is 19.3. The summed E-state index contributed by atoms with van der Waals surface area (Å²) in [6, 6.07) is -0.186. The van der Waals surface area contributed by atoms with Crippen LogP contribution in [0.25, 0.3) is 0 Å². The van der Waals surface area contributed by atoms with Crippen molar-refractivity contribution in [1.29, 1.82) is 0 Å². The maximum Gasteiger partial charge on any atom is 0.265 e. The summed E-state index contributed by atoms with van der Waals surface area (Å²) in [5.74, 6) is 0. The zero-order valence-electron chi connectivity index (χ0n) is 9.02. The lowest BCUT2D eigenvalue weighted by Gasteiger charge is -2.30. The Kier molecular flexibility index (Phi) is 3.84. The molecular weight excluding hydrogens is 188 g/mol. The number of alkyl halides is 2. The Bertz CT molecular complexity index is 173. The van der Waals surface area contributed by atoms with E-state index in [9.17, 15) is 8.78 Å². The van der Waals surface area contributed by atoms with Crippen molar-refractivity contribution in [2.24, 2.45) is 0 Å². The van der Waals surface area contributed by atoms with Gasteiger partial charge in [-0.3, -0.25) is 0 Å². The van der Waals surface area contributed by atoms with Crippen LogP contribution in [-0.2, 0) is 4.74 Å². The van der Waals surface area contributed by atoms with E-state index >= 15 is 0 Å². The Morgan fingerprint density at radius 1 is 1.36 bits per heavy atom. The Morgan fingerprint density at radius 3 is 2.36 bits per heavy atom. The predicted molar refractivity (Wildman–Crippen MR) is 51.7 cm³/mol. The molecule has 1 fully saturated rings. The lowest BCUT2D eigenvalue weighted by molar-refractivity contribution is -0.134. The average Bonchev–Trinajstić information content (AvgIpc) is 2.49. The highest BCUT2D eigenvalue weighted by molar-refractivity contribution is 4.85. The molecule has 1 heterocycles. The fourth-order valence-electron chi connectivity index (χ4n) is 1.71. The molecule has 4 heteroatoms. The third kappa shape index (κ3) is 3.50. The van der Waals surface area contributed by atoms with E-state index in [1.165, 1.54) is 0 Å². The first-order valence-corrected chi connectivity index (χ1v) is 5.09. The minimum absolute atomic E-state index is 0.186. The number of hydrogen-bond acceptors (Lipinski definition) is 2. The number of hydrogen-bond donors (Lipinski definition) is 1. The summed E-state index contributed by atoms with van der Waals surface area (Å²) >= 11 is 0. The summed E-state index contributed by atoms with van der Waals surface area (Å²) < 4.78 is 30.8. The predicted octanol–water partition coefficient (Wildman–Crippen LogP) is 2.19. The van der Waals surface area contributed by atoms with Crippen molar-refractivity contribution in [3.05, 3.63) is 0 Å². The van der Waals surface area contributed by atoms with Crippen LogP contribution < -0.4 is 5.32 Å². The van der Waals surface area contributed by atoms with E-state index in [1.807, 2.05) is 0 Å². The van der Waals surface area contributed by atoms with Gasteiger partial charge in [0.2, 0.25) is 0 Å². The van der Waals surface area contributed by atoms with E-state index in [2.05, 4.69) is 5.32 Å². The largest absolute Gasteiger partial charge is 0.365 e. The second-order valence-electron chi connectivity index (χ2n) is 4.73. The molecule has 2 nitrogen and oxygen atoms in total. The van der Waals surface area contributed by atoms with Gasteiger partial charge >= 0.3 is 0 Å². The third-order valence-corrected chi connectivity index (χ3v) is 2.23. The third-order valence-electron chi connectivity index (χ3n) is 2.23. The Morgan fingerprint density at radius 2 is 2.00 bits per heavy atom. The van der Waals surface area contributed by atoms with Crippen LogP contribution in [-0.4, -0.2) is 30.7 Å². The SMILES string of the molecule is CC(C)(C)O[C@@H](C(F)F)[C@@H]1CCCN1. The van der Waals surface area contributed by atoms with Gasteiger partial charge in [0.15, 0.2) is 0 Å². The smallest absolute Gasteiger partial charge is 0.265 e. The number of rotatable bonds is 3. The van der Waals surface area contributed by atoms with Crippen molar-refractivity contribution < 1.29 is 13.5 Å². The molecule has 0 aliphatic carbocycles. The van der Waals surface area contributed by atoms with E-state index in [0.29, 0.717) is 0 Å². The van der Waals surface area contributed by atoms with Gasteiger partial charge in [0, 0.05) is 6.04 Å². The maximum atomic E-state index is 12.7. The molecule has 1 rings (SSSR count). The van der Waals surface area contributed by atoms with Gasteiger partial charge in [0.25, 0.3) is 6.43 Å². The minimum atomic E-state index is -2.41. The van der Waals surface area contributed by atoms with Gasteiger partial charge in [-0.05, 0) is 40.2 Å². The zero-order valence-corrected chi connectivity index (χ0v) is 9.02. The summed E-state index contributed by atoms with van der Waals surface area (Å²) in [6.07, 6.45) is -1.64. The van der Waals surface area contributed by atoms with Crippen molar-refractivity contribution in [2.45, 2.75) is 57.8 Å². The van der Waals surface area contributed by atoms with Gasteiger partial charge in [-0.1, -0.05) is 0 Å². The van der Waals surface area contributed by atoms with Gasteiger partial charge in [-0.15, -0.1) is 0 Å². The Balaban J connectivity index is 2.54. The van der Waals surface area contributed by atoms with Crippen LogP contribution in [0.4, 0.5) is 8.78 Å². The lowest BCUT2D eigenvalue weighted by atomic mass is 10.1. The molecule has 0 aromatic carbocycles. The Hall–Kier alpha value is -0.220. The topological polar surface area (TPSA) is 21.3 Å². The summed E-state index contributed by atoms with van der Waals surface area (Å²) in [6.45, 7) is 6.23. The van der Waals surface area contributed by atoms with Gasteiger partial charge in [0.05, 0.1) is 5.60 Å². The molecule has 14 heavy (non-hydrogen) atoms. The molecule has 0 saturated carbocycles. The first kappa shape index (κ1) is 11.9. The number of ether oxygens (including phenoxy) is 1. The van der Waals surface area contributed by atoms with Crippen LogP contribution in [0.3, 0.4) is 0 Å². The van der Waals surface area contributed by atoms with Gasteiger partial charge in [-0.25, -0.2) is 8.78 Å². The molecular formula is C10H19F2NO. The molecule has 84 valence electrons. The van der Waals surface area contributed by atoms with Crippen molar-refractivity contribution in [3.8, 4) is 0 Å². The molecule has 1 saturated heterocycles. The van der Waals surface area contributed by atoms with E-state index in [4.69, 9.17) is 4.74 Å². The molecule has 2 atom stereocenters. The maximum absolute atomic E-state index is 12.7. The fraction of sp³-hybridized carbons (Fsp3) is 1.00. The highest BCUT2D eigenvalue weighted by Crippen LogP contribution is 2.23. The normalized spacial score (nSPS) is 25.7. The van der Waals surface area contributed by atoms with Gasteiger partial charge in [-0.2, -0.15) is 0 Å². The van der Waals surface area contributed by atoms with Crippen LogP contribution in [0.1, 0.15) is 33.6 Å². The molecule has 0 unspecified atom stereocenters. The second-order valence-corrected chi connectivity index (χ2v) is 4.73. The van der Waals surface area contributed by atoms with Crippen LogP contribution >= 0.6 is 0 Å². The van der Waals surface area contributed by atoms with E-state index in [0.717, 1.165) is 19.4 Å². The van der Waals surface area contributed by atoms with Gasteiger partial charge < -0.3 is 10.1 Å². The van der Waals surface area contributed by atoms with E-state index < -0.39 is 18.1 Å². The second kappa shape index (κ2) is 4.53. The van der Waals surface area contributed by atoms with Crippen LogP contribution in [0.15, 0.2) is 0 Å². The van der Waals surface area contributed by atoms with Crippen LogP contribution in [0, 0.1) is 0 Å². The first-order chi connectivity index (χ1) is 6.40.